The number of aliphatic hydroxyl groups is 7. The molecule has 1 rings (SSSR count). The standard InChI is InChI=1S/C10H21NO5.C9H17NO5/c1-3-8(14)10(16)9(15)7(4-5-12)11-6(2)13;1-3-5-7(12)8(13)6(9(14)15-5)10-4(2)11/h7-10,12,14-16H,3-5H2,1-2H3,(H,11,13);5-9,12-14H,3H2,1-2H3,(H,10,11). The molecule has 0 saturated carbocycles. The molecule has 12 heteroatoms. The minimum absolute atomic E-state index is 0.119. The summed E-state index contributed by atoms with van der Waals surface area (Å²) in [6.07, 6.45) is -7.03. The van der Waals surface area contributed by atoms with E-state index in [1.54, 1.807) is 13.8 Å². The van der Waals surface area contributed by atoms with Crippen molar-refractivity contribution in [2.24, 2.45) is 0 Å². The summed E-state index contributed by atoms with van der Waals surface area (Å²) < 4.78 is 5.06. The van der Waals surface area contributed by atoms with Gasteiger partial charge in [-0.2, -0.15) is 0 Å². The Morgan fingerprint density at radius 3 is 1.97 bits per heavy atom. The van der Waals surface area contributed by atoms with E-state index in [1.165, 1.54) is 13.8 Å². The molecule has 12 nitrogen and oxygen atoms in total. The number of carbonyl (C=O) groups is 2. The summed E-state index contributed by atoms with van der Waals surface area (Å²) >= 11 is 0. The van der Waals surface area contributed by atoms with Crippen LogP contribution in [0.15, 0.2) is 0 Å². The van der Waals surface area contributed by atoms with Gasteiger partial charge in [0.25, 0.3) is 0 Å². The van der Waals surface area contributed by atoms with Gasteiger partial charge in [-0.25, -0.2) is 0 Å². The van der Waals surface area contributed by atoms with Crippen molar-refractivity contribution in [1.29, 1.82) is 0 Å². The zero-order chi connectivity index (χ0) is 24.3. The van der Waals surface area contributed by atoms with E-state index in [2.05, 4.69) is 10.6 Å². The number of ether oxygens (including phenoxy) is 1. The van der Waals surface area contributed by atoms with Gasteiger partial charge in [-0.15, -0.1) is 0 Å². The van der Waals surface area contributed by atoms with Crippen molar-refractivity contribution in [3.63, 3.8) is 0 Å². The van der Waals surface area contributed by atoms with Gasteiger partial charge in [-0.3, -0.25) is 9.59 Å². The fourth-order valence-corrected chi connectivity index (χ4v) is 3.11. The third kappa shape index (κ3) is 9.74. The van der Waals surface area contributed by atoms with Crippen molar-refractivity contribution >= 4 is 11.8 Å². The van der Waals surface area contributed by atoms with E-state index in [4.69, 9.17) is 9.84 Å². The monoisotopic (exact) mass is 454 g/mol. The van der Waals surface area contributed by atoms with E-state index in [9.17, 15) is 40.2 Å². The zero-order valence-corrected chi connectivity index (χ0v) is 18.4. The summed E-state index contributed by atoms with van der Waals surface area (Å²) in [5.41, 5.74) is 0. The summed E-state index contributed by atoms with van der Waals surface area (Å²) in [5, 5.41) is 70.9. The topological polar surface area (TPSA) is 209 Å². The molecule has 1 heterocycles. The number of rotatable bonds is 9. The van der Waals surface area contributed by atoms with Crippen LogP contribution in [-0.2, 0) is 14.3 Å². The number of nitrogens with one attached hydrogen (secondary N) is 2. The van der Waals surface area contributed by atoms with Gasteiger partial charge in [0.2, 0.25) is 11.8 Å². The lowest BCUT2D eigenvalue weighted by molar-refractivity contribution is -0.247. The zero-order valence-electron chi connectivity index (χ0n) is 18.4. The number of aliphatic hydroxyl groups excluding tert-OH is 7. The van der Waals surface area contributed by atoms with Gasteiger partial charge in [0.05, 0.1) is 18.2 Å². The van der Waals surface area contributed by atoms with E-state index >= 15 is 0 Å². The van der Waals surface area contributed by atoms with Crippen LogP contribution >= 0.6 is 0 Å². The fraction of sp³-hybridized carbons (Fsp3) is 0.895. The van der Waals surface area contributed by atoms with E-state index in [0.717, 1.165) is 0 Å². The molecule has 0 bridgehead atoms. The first-order valence-electron chi connectivity index (χ1n) is 10.3. The predicted octanol–water partition coefficient (Wildman–Crippen LogP) is -3.29. The van der Waals surface area contributed by atoms with Crippen LogP contribution in [0.2, 0.25) is 0 Å². The van der Waals surface area contributed by atoms with Gasteiger partial charge in [-0.05, 0) is 19.3 Å². The molecule has 9 unspecified atom stereocenters. The van der Waals surface area contributed by atoms with E-state index in [1.807, 2.05) is 0 Å². The quantitative estimate of drug-likeness (QED) is 0.169. The van der Waals surface area contributed by atoms with Crippen molar-refractivity contribution in [3.8, 4) is 0 Å². The Balaban J connectivity index is 0.000000581. The van der Waals surface area contributed by atoms with Crippen LogP contribution < -0.4 is 10.6 Å². The highest BCUT2D eigenvalue weighted by Crippen LogP contribution is 2.21. The highest BCUT2D eigenvalue weighted by Gasteiger charge is 2.43. The lowest BCUT2D eigenvalue weighted by Gasteiger charge is -2.40. The second-order valence-electron chi connectivity index (χ2n) is 7.46. The van der Waals surface area contributed by atoms with Gasteiger partial charge < -0.3 is 51.1 Å². The lowest BCUT2D eigenvalue weighted by atomic mass is 9.95. The molecule has 2 amide bonds. The minimum Gasteiger partial charge on any atom is -0.396 e. The first-order valence-corrected chi connectivity index (χ1v) is 10.3. The van der Waals surface area contributed by atoms with Crippen LogP contribution in [0.25, 0.3) is 0 Å². The van der Waals surface area contributed by atoms with Gasteiger partial charge >= 0.3 is 0 Å². The van der Waals surface area contributed by atoms with E-state index in [0.29, 0.717) is 12.8 Å². The van der Waals surface area contributed by atoms with Crippen molar-refractivity contribution < 1.29 is 50.1 Å². The number of hydrogen-bond acceptors (Lipinski definition) is 10. The molecule has 0 aromatic rings. The Labute approximate surface area is 181 Å². The summed E-state index contributed by atoms with van der Waals surface area (Å²) in [6.45, 7) is 5.75. The lowest BCUT2D eigenvalue weighted by Crippen LogP contribution is -2.63. The van der Waals surface area contributed by atoms with E-state index < -0.39 is 60.9 Å². The molecule has 1 saturated heterocycles. The van der Waals surface area contributed by atoms with Crippen molar-refractivity contribution in [2.75, 3.05) is 6.61 Å². The van der Waals surface area contributed by atoms with E-state index in [-0.39, 0.29) is 18.9 Å². The maximum absolute atomic E-state index is 10.8. The average Bonchev–Trinajstić information content (AvgIpc) is 2.71. The highest BCUT2D eigenvalue weighted by atomic mass is 16.6. The summed E-state index contributed by atoms with van der Waals surface area (Å²) in [7, 11) is 0. The molecule has 1 aliphatic rings. The van der Waals surface area contributed by atoms with Crippen LogP contribution in [0.5, 0.6) is 0 Å². The summed E-state index contributed by atoms with van der Waals surface area (Å²) in [4.78, 5) is 21.6. The van der Waals surface area contributed by atoms with Gasteiger partial charge in [0.15, 0.2) is 6.29 Å². The largest absolute Gasteiger partial charge is 0.396 e. The Morgan fingerprint density at radius 1 is 0.968 bits per heavy atom. The highest BCUT2D eigenvalue weighted by molar-refractivity contribution is 5.73. The smallest absolute Gasteiger partial charge is 0.217 e. The minimum atomic E-state index is -1.34. The second kappa shape index (κ2) is 14.6. The molecule has 0 spiro atoms. The van der Waals surface area contributed by atoms with Crippen molar-refractivity contribution in [1.82, 2.24) is 10.6 Å². The molecule has 1 aliphatic heterocycles. The predicted molar refractivity (Wildman–Crippen MR) is 108 cm³/mol. The van der Waals surface area contributed by atoms with Gasteiger partial charge in [0, 0.05) is 20.5 Å². The van der Waals surface area contributed by atoms with Gasteiger partial charge in [-0.1, -0.05) is 13.8 Å². The maximum Gasteiger partial charge on any atom is 0.217 e. The maximum atomic E-state index is 10.8. The third-order valence-electron chi connectivity index (χ3n) is 4.90. The van der Waals surface area contributed by atoms with Gasteiger partial charge in [0.1, 0.15) is 30.5 Å². The average molecular weight is 455 g/mol. The van der Waals surface area contributed by atoms with Crippen molar-refractivity contribution in [2.45, 2.75) is 102 Å². The summed E-state index contributed by atoms with van der Waals surface area (Å²) in [5.74, 6) is -0.764. The van der Waals surface area contributed by atoms with Crippen LogP contribution in [0.1, 0.15) is 47.0 Å². The Morgan fingerprint density at radius 2 is 1.55 bits per heavy atom. The van der Waals surface area contributed by atoms with Crippen LogP contribution in [0, 0.1) is 0 Å². The molecule has 0 aromatic carbocycles. The normalized spacial score (nSPS) is 29.6. The molecule has 1 fully saturated rings. The fourth-order valence-electron chi connectivity index (χ4n) is 3.11. The molecule has 0 aliphatic carbocycles. The Hall–Kier alpha value is -1.38. The first-order chi connectivity index (χ1) is 14.4. The Bertz CT molecular complexity index is 538. The third-order valence-corrected chi connectivity index (χ3v) is 4.90. The second-order valence-corrected chi connectivity index (χ2v) is 7.46. The molecule has 184 valence electrons. The number of hydrogen-bond donors (Lipinski definition) is 9. The first kappa shape index (κ1) is 29.6. The number of amides is 2. The Kier molecular flexibility index (Phi) is 14.0. The molecule has 9 N–H and O–H groups in total. The van der Waals surface area contributed by atoms with Crippen LogP contribution in [0.4, 0.5) is 0 Å². The molecule has 0 aromatic heterocycles. The van der Waals surface area contributed by atoms with Crippen LogP contribution in [-0.4, -0.2) is 109 Å². The molecule has 0 radical (unpaired) electrons. The molecule has 31 heavy (non-hydrogen) atoms. The number of carbonyl (C=O) groups excluding carboxylic acids is 2. The van der Waals surface area contributed by atoms with Crippen LogP contribution in [0.3, 0.4) is 0 Å². The molecular weight excluding hydrogens is 416 g/mol. The van der Waals surface area contributed by atoms with Crippen molar-refractivity contribution in [3.05, 3.63) is 0 Å². The molecule has 9 atom stereocenters. The SMILES string of the molecule is CCC(O)C(O)C(O)C(CCO)NC(C)=O.CCC1OC(O)C(NC(C)=O)C(O)C1O. The summed E-state index contributed by atoms with van der Waals surface area (Å²) in [6, 6.07) is -1.75. The molecular formula is C19H38N2O10.